The van der Waals surface area contributed by atoms with Gasteiger partial charge in [-0.15, -0.1) is 0 Å². The van der Waals surface area contributed by atoms with Crippen LogP contribution in [0.25, 0.3) is 22.3 Å². The van der Waals surface area contributed by atoms with Crippen molar-refractivity contribution in [3.05, 3.63) is 93.6 Å². The van der Waals surface area contributed by atoms with Gasteiger partial charge in [0.15, 0.2) is 11.5 Å². The largest absolute Gasteiger partial charge is 0.493 e. The Bertz CT molecular complexity index is 1380. The fraction of sp³-hybridized carbons (Fsp3) is 0.111. The van der Waals surface area contributed by atoms with Crippen LogP contribution >= 0.6 is 23.2 Å². The third kappa shape index (κ3) is 4.79. The first-order valence-electron chi connectivity index (χ1n) is 10.4. The Morgan fingerprint density at radius 3 is 2.35 bits per heavy atom. The molecule has 0 saturated carbocycles. The number of nitriles is 1. The summed E-state index contributed by atoms with van der Waals surface area (Å²) in [6.45, 7) is 2.30. The Morgan fingerprint density at radius 1 is 1.00 bits per heavy atom. The minimum absolute atomic E-state index is 0.145. The molecule has 4 aromatic rings. The van der Waals surface area contributed by atoms with E-state index in [1.807, 2.05) is 43.3 Å². The van der Waals surface area contributed by atoms with E-state index in [4.69, 9.17) is 38.4 Å². The standard InChI is InChI=1S/C27H21Cl2N3O2/c1-16-3-7-18(8-4-16)22-14-32-27(31)21(13-30)25(22)19-11-23(29)26(24(12-19)33-2)34-15-17-5-9-20(28)10-6-17/h3-12,14H,15H2,1-2H3,(H2,31,32). The van der Waals surface area contributed by atoms with Crippen molar-refractivity contribution < 1.29 is 9.47 Å². The van der Waals surface area contributed by atoms with E-state index in [1.165, 1.54) is 7.11 Å². The summed E-state index contributed by atoms with van der Waals surface area (Å²) >= 11 is 12.6. The highest BCUT2D eigenvalue weighted by Crippen LogP contribution is 2.44. The van der Waals surface area contributed by atoms with Crippen LogP contribution in [0, 0.1) is 18.3 Å². The molecule has 1 heterocycles. The van der Waals surface area contributed by atoms with Gasteiger partial charge >= 0.3 is 0 Å². The highest BCUT2D eigenvalue weighted by Gasteiger charge is 2.20. The lowest BCUT2D eigenvalue weighted by atomic mass is 9.92. The topological polar surface area (TPSA) is 81.2 Å². The molecule has 0 saturated heterocycles. The van der Waals surface area contributed by atoms with Gasteiger partial charge in [0, 0.05) is 22.3 Å². The summed E-state index contributed by atoms with van der Waals surface area (Å²) in [5.74, 6) is 0.984. The molecule has 4 rings (SSSR count). The molecule has 0 fully saturated rings. The summed E-state index contributed by atoms with van der Waals surface area (Å²) in [4.78, 5) is 4.24. The second-order valence-corrected chi connectivity index (χ2v) is 8.53. The number of halogens is 2. The molecule has 0 amide bonds. The van der Waals surface area contributed by atoms with Crippen LogP contribution in [0.15, 0.2) is 66.9 Å². The third-order valence-corrected chi connectivity index (χ3v) is 5.93. The van der Waals surface area contributed by atoms with Crippen LogP contribution in [-0.4, -0.2) is 12.1 Å². The fourth-order valence-corrected chi connectivity index (χ4v) is 4.02. The van der Waals surface area contributed by atoms with E-state index < -0.39 is 0 Å². The monoisotopic (exact) mass is 489 g/mol. The van der Waals surface area contributed by atoms with Crippen molar-refractivity contribution in [1.82, 2.24) is 4.98 Å². The van der Waals surface area contributed by atoms with Crippen LogP contribution in [-0.2, 0) is 6.61 Å². The average Bonchev–Trinajstić information content (AvgIpc) is 2.84. The van der Waals surface area contributed by atoms with Gasteiger partial charge in [-0.1, -0.05) is 65.2 Å². The quantitative estimate of drug-likeness (QED) is 0.313. The minimum Gasteiger partial charge on any atom is -0.493 e. The average molecular weight is 490 g/mol. The molecule has 3 aromatic carbocycles. The molecule has 0 spiro atoms. The van der Waals surface area contributed by atoms with Gasteiger partial charge < -0.3 is 15.2 Å². The number of hydrogen-bond donors (Lipinski definition) is 1. The lowest BCUT2D eigenvalue weighted by molar-refractivity contribution is 0.285. The minimum atomic E-state index is 0.145. The number of aryl methyl sites for hydroxylation is 1. The Kier molecular flexibility index (Phi) is 6.93. The predicted octanol–water partition coefficient (Wildman–Crippen LogP) is 7.07. The normalized spacial score (nSPS) is 10.6. The second kappa shape index (κ2) is 10.0. The summed E-state index contributed by atoms with van der Waals surface area (Å²) in [6.07, 6.45) is 1.67. The van der Waals surface area contributed by atoms with Crippen molar-refractivity contribution in [3.8, 4) is 39.8 Å². The van der Waals surface area contributed by atoms with Crippen molar-refractivity contribution in [3.63, 3.8) is 0 Å². The van der Waals surface area contributed by atoms with Gasteiger partial charge in [0.25, 0.3) is 0 Å². The van der Waals surface area contributed by atoms with E-state index in [2.05, 4.69) is 11.1 Å². The number of pyridine rings is 1. The Morgan fingerprint density at radius 2 is 1.71 bits per heavy atom. The van der Waals surface area contributed by atoms with Gasteiger partial charge in [-0.2, -0.15) is 5.26 Å². The van der Waals surface area contributed by atoms with Crippen LogP contribution in [0.4, 0.5) is 5.82 Å². The molecule has 0 unspecified atom stereocenters. The van der Waals surface area contributed by atoms with Crippen molar-refractivity contribution in [2.75, 3.05) is 12.8 Å². The summed E-state index contributed by atoms with van der Waals surface area (Å²) in [6, 6.07) is 21.0. The highest BCUT2D eigenvalue weighted by molar-refractivity contribution is 6.32. The fourth-order valence-electron chi connectivity index (χ4n) is 3.63. The van der Waals surface area contributed by atoms with Crippen LogP contribution in [0.1, 0.15) is 16.7 Å². The summed E-state index contributed by atoms with van der Waals surface area (Å²) in [7, 11) is 1.54. The molecule has 0 radical (unpaired) electrons. The molecular formula is C27H21Cl2N3O2. The number of anilines is 1. The van der Waals surface area contributed by atoms with Crippen molar-refractivity contribution in [1.29, 1.82) is 5.26 Å². The Hall–Kier alpha value is -3.72. The van der Waals surface area contributed by atoms with Crippen LogP contribution in [0.2, 0.25) is 10.0 Å². The van der Waals surface area contributed by atoms with Crippen molar-refractivity contribution in [2.45, 2.75) is 13.5 Å². The number of nitrogens with zero attached hydrogens (tertiary/aromatic N) is 2. The molecule has 7 heteroatoms. The first-order chi connectivity index (χ1) is 16.4. The summed E-state index contributed by atoms with van der Waals surface area (Å²) < 4.78 is 11.6. The van der Waals surface area contributed by atoms with Crippen molar-refractivity contribution >= 4 is 29.0 Å². The zero-order chi connectivity index (χ0) is 24.2. The molecular weight excluding hydrogens is 469 g/mol. The molecule has 0 atom stereocenters. The lowest BCUT2D eigenvalue weighted by Crippen LogP contribution is -2.02. The first-order valence-corrected chi connectivity index (χ1v) is 11.2. The molecule has 0 bridgehead atoms. The number of hydrogen-bond acceptors (Lipinski definition) is 5. The first kappa shape index (κ1) is 23.4. The number of benzene rings is 3. The van der Waals surface area contributed by atoms with Crippen LogP contribution in [0.3, 0.4) is 0 Å². The van der Waals surface area contributed by atoms with Crippen molar-refractivity contribution in [2.24, 2.45) is 0 Å². The van der Waals surface area contributed by atoms with Gasteiger partial charge in [0.05, 0.1) is 12.1 Å². The maximum atomic E-state index is 9.89. The van der Waals surface area contributed by atoms with E-state index in [9.17, 15) is 5.26 Å². The number of ether oxygens (including phenoxy) is 2. The van der Waals surface area contributed by atoms with Gasteiger partial charge in [0.1, 0.15) is 24.1 Å². The van der Waals surface area contributed by atoms with E-state index in [0.29, 0.717) is 32.7 Å². The molecule has 0 aliphatic heterocycles. The van der Waals surface area contributed by atoms with Crippen LogP contribution in [0.5, 0.6) is 11.5 Å². The van der Waals surface area contributed by atoms with Gasteiger partial charge in [-0.25, -0.2) is 4.98 Å². The number of aromatic nitrogens is 1. The number of rotatable bonds is 6. The molecule has 0 aliphatic rings. The van der Waals surface area contributed by atoms with Gasteiger partial charge in [-0.05, 0) is 47.9 Å². The zero-order valence-electron chi connectivity index (χ0n) is 18.6. The SMILES string of the molecule is COc1cc(-c2c(-c3ccc(C)cc3)cnc(N)c2C#N)cc(Cl)c1OCc1ccc(Cl)cc1. The molecule has 34 heavy (non-hydrogen) atoms. The summed E-state index contributed by atoms with van der Waals surface area (Å²) in [5, 5.41) is 10.9. The lowest BCUT2D eigenvalue weighted by Gasteiger charge is -2.17. The second-order valence-electron chi connectivity index (χ2n) is 7.69. The van der Waals surface area contributed by atoms with E-state index in [-0.39, 0.29) is 18.0 Å². The molecule has 0 aliphatic carbocycles. The number of methoxy groups -OCH3 is 1. The smallest absolute Gasteiger partial charge is 0.180 e. The Balaban J connectivity index is 1.81. The van der Waals surface area contributed by atoms with E-state index >= 15 is 0 Å². The molecule has 2 N–H and O–H groups in total. The number of nitrogen functional groups attached to an aromatic ring is 1. The van der Waals surface area contributed by atoms with E-state index in [1.54, 1.807) is 30.5 Å². The van der Waals surface area contributed by atoms with Gasteiger partial charge in [-0.3, -0.25) is 0 Å². The molecule has 1 aromatic heterocycles. The predicted molar refractivity (Wildman–Crippen MR) is 136 cm³/mol. The van der Waals surface area contributed by atoms with Gasteiger partial charge in [0.2, 0.25) is 0 Å². The summed E-state index contributed by atoms with van der Waals surface area (Å²) in [5.41, 5.74) is 11.4. The maximum Gasteiger partial charge on any atom is 0.180 e. The molecule has 170 valence electrons. The number of nitrogens with two attached hydrogens (primary N) is 1. The zero-order valence-corrected chi connectivity index (χ0v) is 20.1. The third-order valence-electron chi connectivity index (χ3n) is 5.40. The molecule has 5 nitrogen and oxygen atoms in total. The van der Waals surface area contributed by atoms with Crippen LogP contribution < -0.4 is 15.2 Å². The maximum absolute atomic E-state index is 9.89. The van der Waals surface area contributed by atoms with E-state index in [0.717, 1.165) is 22.3 Å². The highest BCUT2D eigenvalue weighted by atomic mass is 35.5. The Labute approximate surface area is 208 Å².